The van der Waals surface area contributed by atoms with Crippen LogP contribution in [0.5, 0.6) is 0 Å². The molecule has 0 saturated carbocycles. The van der Waals surface area contributed by atoms with E-state index in [4.69, 9.17) is 4.74 Å². The lowest BCUT2D eigenvalue weighted by atomic mass is 9.88. The van der Waals surface area contributed by atoms with Crippen LogP contribution in [0.2, 0.25) is 0 Å². The van der Waals surface area contributed by atoms with Crippen molar-refractivity contribution < 1.29 is 14.3 Å². The molecule has 3 nitrogen and oxygen atoms in total. The zero-order valence-electron chi connectivity index (χ0n) is 12.7. The average molecular weight is 272 g/mol. The lowest BCUT2D eigenvalue weighted by Gasteiger charge is -2.13. The summed E-state index contributed by atoms with van der Waals surface area (Å²) in [4.78, 5) is 23.3. The molecule has 106 valence electrons. The van der Waals surface area contributed by atoms with Gasteiger partial charge in [0, 0.05) is 17.9 Å². The van der Waals surface area contributed by atoms with E-state index in [9.17, 15) is 9.59 Å². The van der Waals surface area contributed by atoms with E-state index in [1.54, 1.807) is 6.08 Å². The molecule has 20 heavy (non-hydrogen) atoms. The molecule has 1 aliphatic carbocycles. The first-order valence-electron chi connectivity index (χ1n) is 6.75. The quantitative estimate of drug-likeness (QED) is 0.610. The summed E-state index contributed by atoms with van der Waals surface area (Å²) in [5.74, 6) is -0.151. The number of carbonyl (C=O) groups excluding carboxylic acids is 2. The number of benzene rings is 1. The van der Waals surface area contributed by atoms with E-state index in [1.165, 1.54) is 13.2 Å². The van der Waals surface area contributed by atoms with Crippen LogP contribution in [0.3, 0.4) is 0 Å². The van der Waals surface area contributed by atoms with Gasteiger partial charge in [0.2, 0.25) is 0 Å². The molecule has 3 heteroatoms. The van der Waals surface area contributed by atoms with Gasteiger partial charge in [0.05, 0.1) is 6.26 Å². The molecule has 1 aliphatic rings. The van der Waals surface area contributed by atoms with Crippen LogP contribution >= 0.6 is 0 Å². The van der Waals surface area contributed by atoms with E-state index in [2.05, 4.69) is 6.07 Å². The number of carbonyl (C=O) groups is 2. The Kier molecular flexibility index (Phi) is 3.55. The number of ether oxygens (including phenoxy) is 1. The van der Waals surface area contributed by atoms with Crippen molar-refractivity contribution in [3.8, 4) is 0 Å². The second-order valence-corrected chi connectivity index (χ2v) is 6.07. The number of rotatable bonds is 2. The lowest BCUT2D eigenvalue weighted by molar-refractivity contribution is -0.135. The molecule has 0 radical (unpaired) electrons. The van der Waals surface area contributed by atoms with Gasteiger partial charge >= 0.3 is 5.97 Å². The monoisotopic (exact) mass is 272 g/mol. The molecule has 0 heterocycles. The number of Topliss-reactive ketones (excluding diaryl/α,β-unsaturated/α-hetero) is 1. The first-order chi connectivity index (χ1) is 9.24. The summed E-state index contributed by atoms with van der Waals surface area (Å²) in [6.07, 6.45) is 3.93. The molecule has 0 N–H and O–H groups in total. The number of hydrogen-bond donors (Lipinski definition) is 0. The van der Waals surface area contributed by atoms with Crippen molar-refractivity contribution in [2.75, 3.05) is 0 Å². The molecule has 1 aromatic carbocycles. The Morgan fingerprint density at radius 3 is 2.60 bits per heavy atom. The zero-order chi connectivity index (χ0) is 15.1. The fourth-order valence-electron chi connectivity index (χ4n) is 2.89. The van der Waals surface area contributed by atoms with Gasteiger partial charge in [-0.1, -0.05) is 19.9 Å². The molecule has 0 fully saturated rings. The zero-order valence-corrected chi connectivity index (χ0v) is 12.7. The van der Waals surface area contributed by atoms with Crippen LogP contribution in [0.4, 0.5) is 0 Å². The minimum Gasteiger partial charge on any atom is -0.435 e. The summed E-state index contributed by atoms with van der Waals surface area (Å²) >= 11 is 0. The normalized spacial score (nSPS) is 16.6. The van der Waals surface area contributed by atoms with Crippen molar-refractivity contribution in [2.24, 2.45) is 5.41 Å². The van der Waals surface area contributed by atoms with Gasteiger partial charge in [-0.3, -0.25) is 9.59 Å². The summed E-state index contributed by atoms with van der Waals surface area (Å²) in [5, 5.41) is 0. The highest BCUT2D eigenvalue weighted by molar-refractivity contribution is 6.06. The number of ketones is 1. The summed E-state index contributed by atoms with van der Waals surface area (Å²) in [6.45, 7) is 9.30. The van der Waals surface area contributed by atoms with Crippen LogP contribution in [-0.2, 0) is 16.0 Å². The number of aryl methyl sites for hydroxylation is 1. The van der Waals surface area contributed by atoms with Crippen molar-refractivity contribution in [3.63, 3.8) is 0 Å². The second-order valence-electron chi connectivity index (χ2n) is 6.07. The van der Waals surface area contributed by atoms with Gasteiger partial charge in [0.1, 0.15) is 0 Å². The number of esters is 1. The van der Waals surface area contributed by atoms with Gasteiger partial charge in [-0.2, -0.15) is 0 Å². The largest absolute Gasteiger partial charge is 0.435 e. The summed E-state index contributed by atoms with van der Waals surface area (Å²) in [6, 6.07) is 2.07. The predicted octanol–water partition coefficient (Wildman–Crippen LogP) is 3.60. The maximum atomic E-state index is 12.5. The van der Waals surface area contributed by atoms with Gasteiger partial charge in [-0.05, 0) is 48.6 Å². The molecule has 0 aromatic heterocycles. The lowest BCUT2D eigenvalue weighted by Crippen LogP contribution is -2.19. The van der Waals surface area contributed by atoms with E-state index in [1.807, 2.05) is 27.7 Å². The fraction of sp³-hybridized carbons (Fsp3) is 0.412. The Balaban J connectivity index is 2.48. The number of fused-ring (bicyclic) bond motifs is 1. The maximum absolute atomic E-state index is 12.5. The molecule has 0 aliphatic heterocycles. The topological polar surface area (TPSA) is 43.4 Å². The van der Waals surface area contributed by atoms with Crippen LogP contribution in [0, 0.1) is 19.3 Å². The third kappa shape index (κ3) is 2.40. The predicted molar refractivity (Wildman–Crippen MR) is 78.5 cm³/mol. The van der Waals surface area contributed by atoms with Gasteiger partial charge in [0.25, 0.3) is 0 Å². The molecule has 2 rings (SSSR count). The smallest absolute Gasteiger partial charge is 0.307 e. The standard InChI is InChI=1S/C17H20O3/c1-10-8-13-9-17(4,5)16(19)15(13)11(2)14(10)6-7-20-12(3)18/h6-8H,9H2,1-5H3/b7-6+. The van der Waals surface area contributed by atoms with Crippen molar-refractivity contribution in [1.82, 2.24) is 0 Å². The first kappa shape index (κ1) is 14.5. The van der Waals surface area contributed by atoms with Gasteiger partial charge in [-0.15, -0.1) is 0 Å². The molecular weight excluding hydrogens is 252 g/mol. The van der Waals surface area contributed by atoms with Crippen molar-refractivity contribution in [2.45, 2.75) is 41.0 Å². The fourth-order valence-corrected chi connectivity index (χ4v) is 2.89. The first-order valence-corrected chi connectivity index (χ1v) is 6.75. The Hall–Kier alpha value is -1.90. The van der Waals surface area contributed by atoms with Crippen LogP contribution in [0.1, 0.15) is 53.4 Å². The molecular formula is C17H20O3. The molecule has 0 atom stereocenters. The van der Waals surface area contributed by atoms with E-state index in [0.717, 1.165) is 34.2 Å². The minimum absolute atomic E-state index is 0.201. The van der Waals surface area contributed by atoms with Gasteiger partial charge in [0.15, 0.2) is 5.78 Å². The Bertz CT molecular complexity index is 622. The van der Waals surface area contributed by atoms with Crippen molar-refractivity contribution >= 4 is 17.8 Å². The van der Waals surface area contributed by atoms with Crippen LogP contribution in [-0.4, -0.2) is 11.8 Å². The van der Waals surface area contributed by atoms with Crippen LogP contribution in [0.15, 0.2) is 12.3 Å². The van der Waals surface area contributed by atoms with Crippen molar-refractivity contribution in [3.05, 3.63) is 40.1 Å². The van der Waals surface area contributed by atoms with Crippen molar-refractivity contribution in [1.29, 1.82) is 0 Å². The molecule has 0 unspecified atom stereocenters. The minimum atomic E-state index is -0.352. The van der Waals surface area contributed by atoms with Crippen LogP contribution < -0.4 is 0 Å². The highest BCUT2D eigenvalue weighted by Gasteiger charge is 2.39. The summed E-state index contributed by atoms with van der Waals surface area (Å²) in [7, 11) is 0. The molecule has 1 aromatic rings. The molecule has 0 saturated heterocycles. The summed E-state index contributed by atoms with van der Waals surface area (Å²) < 4.78 is 4.84. The van der Waals surface area contributed by atoms with E-state index < -0.39 is 0 Å². The average Bonchev–Trinajstić information content (AvgIpc) is 2.53. The summed E-state index contributed by atoms with van der Waals surface area (Å²) in [5.41, 5.74) is 4.66. The Labute approximate surface area is 119 Å². The van der Waals surface area contributed by atoms with E-state index in [-0.39, 0.29) is 17.2 Å². The number of hydrogen-bond acceptors (Lipinski definition) is 3. The molecule has 0 amide bonds. The Morgan fingerprint density at radius 2 is 2.00 bits per heavy atom. The Morgan fingerprint density at radius 1 is 1.35 bits per heavy atom. The second kappa shape index (κ2) is 4.89. The molecule has 0 bridgehead atoms. The van der Waals surface area contributed by atoms with Gasteiger partial charge in [-0.25, -0.2) is 0 Å². The van der Waals surface area contributed by atoms with E-state index in [0.29, 0.717) is 0 Å². The van der Waals surface area contributed by atoms with E-state index >= 15 is 0 Å². The maximum Gasteiger partial charge on any atom is 0.307 e. The third-order valence-electron chi connectivity index (χ3n) is 3.86. The highest BCUT2D eigenvalue weighted by Crippen LogP contribution is 2.39. The molecule has 0 spiro atoms. The third-order valence-corrected chi connectivity index (χ3v) is 3.86. The van der Waals surface area contributed by atoms with Gasteiger partial charge < -0.3 is 4.74 Å². The SMILES string of the molecule is CC(=O)O/C=C/c1c(C)cc2c(c1C)C(=O)C(C)(C)C2. The highest BCUT2D eigenvalue weighted by atomic mass is 16.5. The van der Waals surface area contributed by atoms with Crippen LogP contribution in [0.25, 0.3) is 6.08 Å².